The van der Waals surface area contributed by atoms with E-state index in [9.17, 15) is 9.18 Å². The van der Waals surface area contributed by atoms with E-state index in [0.717, 1.165) is 6.42 Å². The summed E-state index contributed by atoms with van der Waals surface area (Å²) in [6.07, 6.45) is 4.55. The van der Waals surface area contributed by atoms with Crippen LogP contribution in [0.3, 0.4) is 0 Å². The number of halogens is 2. The van der Waals surface area contributed by atoms with Gasteiger partial charge in [0.2, 0.25) is 0 Å². The minimum atomic E-state index is -0.562. The molecule has 1 rings (SSSR count). The van der Waals surface area contributed by atoms with Gasteiger partial charge in [-0.25, -0.2) is 4.39 Å². The minimum Gasteiger partial charge on any atom is -0.352 e. The summed E-state index contributed by atoms with van der Waals surface area (Å²) in [7, 11) is 0. The summed E-state index contributed by atoms with van der Waals surface area (Å²) in [5, 5.41) is 2.96. The molecule has 1 aromatic carbocycles. The highest BCUT2D eigenvalue weighted by Gasteiger charge is 2.10. The Hall–Kier alpha value is -1.35. The zero-order chi connectivity index (χ0) is 12.0. The van der Waals surface area contributed by atoms with Crippen LogP contribution in [0.5, 0.6) is 0 Å². The summed E-state index contributed by atoms with van der Waals surface area (Å²) < 4.78 is 13.3. The van der Waals surface area contributed by atoms with Crippen LogP contribution in [0.4, 0.5) is 4.39 Å². The van der Waals surface area contributed by atoms with Crippen molar-refractivity contribution in [3.05, 3.63) is 46.8 Å². The number of rotatable bonds is 4. The van der Waals surface area contributed by atoms with Gasteiger partial charge in [0.1, 0.15) is 5.82 Å². The highest BCUT2D eigenvalue weighted by molar-refractivity contribution is 6.30. The van der Waals surface area contributed by atoms with E-state index in [1.807, 2.05) is 19.1 Å². The van der Waals surface area contributed by atoms with Crippen molar-refractivity contribution >= 4 is 17.5 Å². The molecule has 0 bridgehead atoms. The van der Waals surface area contributed by atoms with Gasteiger partial charge in [0.05, 0.1) is 5.56 Å². The molecule has 0 spiro atoms. The standard InChI is InChI=1S/C12H13ClFNO/c1-2-3-4-7-15-12(16)10-8-9(13)5-6-11(10)14/h2-3,5-6,8H,4,7H2,1H3,(H,15,16)/b3-2+. The fourth-order valence-corrected chi connectivity index (χ4v) is 1.37. The Balaban J connectivity index is 2.62. The van der Waals surface area contributed by atoms with Crippen LogP contribution in [0.25, 0.3) is 0 Å². The monoisotopic (exact) mass is 241 g/mol. The van der Waals surface area contributed by atoms with Gasteiger partial charge < -0.3 is 5.32 Å². The van der Waals surface area contributed by atoms with Crippen LogP contribution in [-0.2, 0) is 0 Å². The molecule has 0 radical (unpaired) electrons. The van der Waals surface area contributed by atoms with Gasteiger partial charge in [0.15, 0.2) is 0 Å². The Morgan fingerprint density at radius 3 is 3.00 bits per heavy atom. The predicted molar refractivity (Wildman–Crippen MR) is 63.2 cm³/mol. The molecule has 0 saturated heterocycles. The molecule has 0 aromatic heterocycles. The van der Waals surface area contributed by atoms with Crippen molar-refractivity contribution in [1.29, 1.82) is 0 Å². The average molecular weight is 242 g/mol. The van der Waals surface area contributed by atoms with Gasteiger partial charge in [-0.2, -0.15) is 0 Å². The van der Waals surface area contributed by atoms with Gasteiger partial charge in [-0.1, -0.05) is 23.8 Å². The van der Waals surface area contributed by atoms with Gasteiger partial charge in [-0.05, 0) is 31.5 Å². The summed E-state index contributed by atoms with van der Waals surface area (Å²) >= 11 is 5.69. The third kappa shape index (κ3) is 3.66. The van der Waals surface area contributed by atoms with Crippen molar-refractivity contribution in [2.45, 2.75) is 13.3 Å². The van der Waals surface area contributed by atoms with Crippen LogP contribution in [0.15, 0.2) is 30.4 Å². The van der Waals surface area contributed by atoms with E-state index in [2.05, 4.69) is 5.32 Å². The van der Waals surface area contributed by atoms with Crippen molar-refractivity contribution < 1.29 is 9.18 Å². The molecule has 0 aliphatic carbocycles. The Morgan fingerprint density at radius 1 is 1.56 bits per heavy atom. The highest BCUT2D eigenvalue weighted by Crippen LogP contribution is 2.14. The van der Waals surface area contributed by atoms with E-state index < -0.39 is 11.7 Å². The van der Waals surface area contributed by atoms with Gasteiger partial charge in [0.25, 0.3) is 5.91 Å². The van der Waals surface area contributed by atoms with Gasteiger partial charge >= 0.3 is 0 Å². The first-order valence-electron chi connectivity index (χ1n) is 4.99. The van der Waals surface area contributed by atoms with Crippen molar-refractivity contribution in [2.24, 2.45) is 0 Å². The summed E-state index contributed by atoms with van der Waals surface area (Å²) in [4.78, 5) is 11.5. The number of nitrogens with one attached hydrogen (secondary N) is 1. The minimum absolute atomic E-state index is 0.0204. The number of allylic oxidation sites excluding steroid dienone is 1. The molecule has 16 heavy (non-hydrogen) atoms. The Bertz CT molecular complexity index is 404. The average Bonchev–Trinajstić information content (AvgIpc) is 2.27. The first kappa shape index (κ1) is 12.7. The van der Waals surface area contributed by atoms with E-state index in [1.165, 1.54) is 18.2 Å². The smallest absolute Gasteiger partial charge is 0.254 e. The molecule has 0 atom stereocenters. The Labute approximate surface area is 99.1 Å². The fraction of sp³-hybridized carbons (Fsp3) is 0.250. The molecule has 0 unspecified atom stereocenters. The van der Waals surface area contributed by atoms with Crippen molar-refractivity contribution in [3.63, 3.8) is 0 Å². The van der Waals surface area contributed by atoms with Crippen molar-refractivity contribution in [2.75, 3.05) is 6.54 Å². The second-order valence-electron chi connectivity index (χ2n) is 3.24. The third-order valence-electron chi connectivity index (χ3n) is 2.01. The van der Waals surface area contributed by atoms with Crippen molar-refractivity contribution in [3.8, 4) is 0 Å². The van der Waals surface area contributed by atoms with Gasteiger partial charge in [0, 0.05) is 11.6 Å². The Morgan fingerprint density at radius 2 is 2.31 bits per heavy atom. The second-order valence-corrected chi connectivity index (χ2v) is 3.67. The summed E-state index contributed by atoms with van der Waals surface area (Å²) in [5.74, 6) is -1.00. The topological polar surface area (TPSA) is 29.1 Å². The van der Waals surface area contributed by atoms with Gasteiger partial charge in [-0.3, -0.25) is 4.79 Å². The molecule has 1 aromatic rings. The largest absolute Gasteiger partial charge is 0.352 e. The lowest BCUT2D eigenvalue weighted by Crippen LogP contribution is -2.25. The third-order valence-corrected chi connectivity index (χ3v) is 2.24. The number of hydrogen-bond acceptors (Lipinski definition) is 1. The number of hydrogen-bond donors (Lipinski definition) is 1. The summed E-state index contributed by atoms with van der Waals surface area (Å²) in [6, 6.07) is 3.92. The molecule has 0 heterocycles. The molecule has 1 amide bonds. The Kier molecular flexibility index (Phi) is 4.99. The summed E-state index contributed by atoms with van der Waals surface area (Å²) in [6.45, 7) is 2.38. The molecular formula is C12H13ClFNO. The lowest BCUT2D eigenvalue weighted by Gasteiger charge is -2.04. The fourth-order valence-electron chi connectivity index (χ4n) is 1.20. The maximum absolute atomic E-state index is 13.3. The lowest BCUT2D eigenvalue weighted by molar-refractivity contribution is 0.0950. The van der Waals surface area contributed by atoms with Crippen LogP contribution < -0.4 is 5.32 Å². The van der Waals surface area contributed by atoms with E-state index in [4.69, 9.17) is 11.6 Å². The molecule has 86 valence electrons. The number of carbonyl (C=O) groups is 1. The number of benzene rings is 1. The van der Waals surface area contributed by atoms with E-state index >= 15 is 0 Å². The maximum atomic E-state index is 13.3. The molecule has 0 aliphatic rings. The lowest BCUT2D eigenvalue weighted by atomic mass is 10.2. The number of amides is 1. The zero-order valence-electron chi connectivity index (χ0n) is 8.97. The van der Waals surface area contributed by atoms with Crippen LogP contribution in [0.2, 0.25) is 5.02 Å². The van der Waals surface area contributed by atoms with E-state index in [-0.39, 0.29) is 5.56 Å². The van der Waals surface area contributed by atoms with Crippen LogP contribution in [0.1, 0.15) is 23.7 Å². The van der Waals surface area contributed by atoms with E-state index in [1.54, 1.807) is 0 Å². The SMILES string of the molecule is C/C=C/CCNC(=O)c1cc(Cl)ccc1F. The molecule has 4 heteroatoms. The normalized spacial score (nSPS) is 10.7. The predicted octanol–water partition coefficient (Wildman–Crippen LogP) is 3.18. The number of carbonyl (C=O) groups excluding carboxylic acids is 1. The van der Waals surface area contributed by atoms with Gasteiger partial charge in [-0.15, -0.1) is 0 Å². The second kappa shape index (κ2) is 6.28. The first-order chi connectivity index (χ1) is 7.65. The van der Waals surface area contributed by atoms with Crippen LogP contribution >= 0.6 is 11.6 Å². The molecule has 1 N–H and O–H groups in total. The maximum Gasteiger partial charge on any atom is 0.254 e. The summed E-state index contributed by atoms with van der Waals surface area (Å²) in [5.41, 5.74) is -0.0204. The van der Waals surface area contributed by atoms with Crippen molar-refractivity contribution in [1.82, 2.24) is 5.32 Å². The molecule has 0 fully saturated rings. The quantitative estimate of drug-likeness (QED) is 0.637. The molecule has 0 saturated carbocycles. The molecular weight excluding hydrogens is 229 g/mol. The molecule has 0 aliphatic heterocycles. The van der Waals surface area contributed by atoms with E-state index in [0.29, 0.717) is 11.6 Å². The molecule has 2 nitrogen and oxygen atoms in total. The van der Waals surface area contributed by atoms with Crippen LogP contribution in [0, 0.1) is 5.82 Å². The highest BCUT2D eigenvalue weighted by atomic mass is 35.5. The first-order valence-corrected chi connectivity index (χ1v) is 5.37. The van der Waals surface area contributed by atoms with Crippen LogP contribution in [-0.4, -0.2) is 12.5 Å². The zero-order valence-corrected chi connectivity index (χ0v) is 9.72.